The van der Waals surface area contributed by atoms with Crippen LogP contribution in [0.3, 0.4) is 0 Å². The van der Waals surface area contributed by atoms with Crippen molar-refractivity contribution in [1.29, 1.82) is 0 Å². The van der Waals surface area contributed by atoms with E-state index in [-0.39, 0.29) is 12.1 Å². The van der Waals surface area contributed by atoms with Crippen LogP contribution < -0.4 is 0 Å². The second-order valence-electron chi connectivity index (χ2n) is 18.5. The third-order valence-electron chi connectivity index (χ3n) is 15.2. The first kappa shape index (κ1) is 39.7. The second kappa shape index (κ2) is 19.5. The van der Waals surface area contributed by atoms with E-state index in [1.54, 1.807) is 0 Å². The van der Waals surface area contributed by atoms with Crippen LogP contribution in [0.25, 0.3) is 0 Å². The smallest absolute Gasteiger partial charge is 0.306 e. The van der Waals surface area contributed by atoms with Crippen LogP contribution in [0.2, 0.25) is 0 Å². The number of unbranched alkanes of at least 4 members (excludes halogenated alkanes) is 8. The van der Waals surface area contributed by atoms with Gasteiger partial charge in [-0.15, -0.1) is 0 Å². The number of esters is 1. The number of rotatable bonds is 20. The van der Waals surface area contributed by atoms with Crippen molar-refractivity contribution in [2.45, 2.75) is 202 Å². The Kier molecular flexibility index (Phi) is 16.2. The van der Waals surface area contributed by atoms with Gasteiger partial charge in [0.1, 0.15) is 6.10 Å². The third-order valence-corrected chi connectivity index (χ3v) is 15.2. The minimum atomic E-state index is 0.0744. The number of hydrogen-bond acceptors (Lipinski definition) is 2. The fourth-order valence-corrected chi connectivity index (χ4v) is 11.7. The van der Waals surface area contributed by atoms with Gasteiger partial charge in [0.05, 0.1) is 0 Å². The van der Waals surface area contributed by atoms with E-state index in [1.807, 2.05) is 0 Å². The monoisotopic (exact) mass is 665 g/mol. The molecule has 4 aliphatic carbocycles. The zero-order valence-electron chi connectivity index (χ0n) is 33.1. The number of fused-ring (bicyclic) bond motifs is 5. The van der Waals surface area contributed by atoms with Crippen molar-refractivity contribution in [3.05, 3.63) is 24.3 Å². The summed E-state index contributed by atoms with van der Waals surface area (Å²) in [5.74, 6) is 7.08. The van der Waals surface area contributed by atoms with Crippen molar-refractivity contribution in [1.82, 2.24) is 0 Å². The van der Waals surface area contributed by atoms with Crippen LogP contribution in [0.4, 0.5) is 0 Å². The fraction of sp³-hybridized carbons (Fsp3) is 0.891. The molecule has 0 saturated heterocycles. The Morgan fingerprint density at radius 2 is 1.40 bits per heavy atom. The van der Waals surface area contributed by atoms with Crippen LogP contribution in [-0.2, 0) is 9.53 Å². The van der Waals surface area contributed by atoms with Crippen LogP contribution in [-0.4, -0.2) is 12.1 Å². The Bertz CT molecular complexity index is 994. The summed E-state index contributed by atoms with van der Waals surface area (Å²) in [6, 6.07) is 0. The lowest BCUT2D eigenvalue weighted by Crippen LogP contribution is -2.54. The SMILES string of the molecule is CCCCC/C=C\C/C=C\CCCCCCCC(=O)O[C@H]1CC[C@@]2(C)[C@@H](CC[C@@H]3[C@@H]2CC[C@]2(C)[C@@H]([C@H](C)CC[C@@H](C)C(C)C)CC[C@@H]32)C1. The lowest BCUT2D eigenvalue weighted by molar-refractivity contribution is -0.162. The van der Waals surface area contributed by atoms with Gasteiger partial charge in [0.15, 0.2) is 0 Å². The minimum absolute atomic E-state index is 0.0744. The number of hydrogen-bond donors (Lipinski definition) is 0. The number of allylic oxidation sites excluding steroid dienone is 4. The summed E-state index contributed by atoms with van der Waals surface area (Å²) in [4.78, 5) is 12.8. The first-order chi connectivity index (χ1) is 23.1. The van der Waals surface area contributed by atoms with Gasteiger partial charge in [0.25, 0.3) is 0 Å². The molecule has 10 atom stereocenters. The van der Waals surface area contributed by atoms with Gasteiger partial charge in [-0.25, -0.2) is 0 Å². The van der Waals surface area contributed by atoms with Crippen LogP contribution >= 0.6 is 0 Å². The molecule has 0 heterocycles. The summed E-state index contributed by atoms with van der Waals surface area (Å²) >= 11 is 0. The highest BCUT2D eigenvalue weighted by Crippen LogP contribution is 2.68. The predicted molar refractivity (Wildman–Crippen MR) is 207 cm³/mol. The lowest BCUT2D eigenvalue weighted by Gasteiger charge is -2.61. The molecule has 4 saturated carbocycles. The first-order valence-electron chi connectivity index (χ1n) is 21.6. The maximum absolute atomic E-state index is 12.8. The Morgan fingerprint density at radius 3 is 2.12 bits per heavy atom. The van der Waals surface area contributed by atoms with Crippen LogP contribution in [0.15, 0.2) is 24.3 Å². The number of ether oxygens (including phenoxy) is 1. The molecule has 0 aromatic carbocycles. The van der Waals surface area contributed by atoms with Crippen molar-refractivity contribution in [3.8, 4) is 0 Å². The lowest BCUT2D eigenvalue weighted by atomic mass is 9.44. The summed E-state index contributed by atoms with van der Waals surface area (Å²) in [7, 11) is 0. The Labute approximate surface area is 299 Å². The highest BCUT2D eigenvalue weighted by Gasteiger charge is 2.60. The van der Waals surface area contributed by atoms with Gasteiger partial charge in [-0.3, -0.25) is 4.79 Å². The second-order valence-corrected chi connectivity index (χ2v) is 18.5. The molecule has 0 spiro atoms. The first-order valence-corrected chi connectivity index (χ1v) is 21.6. The van der Waals surface area contributed by atoms with E-state index in [1.165, 1.54) is 109 Å². The third kappa shape index (κ3) is 10.5. The molecule has 0 N–H and O–H groups in total. The summed E-state index contributed by atoms with van der Waals surface area (Å²) < 4.78 is 6.17. The highest BCUT2D eigenvalue weighted by molar-refractivity contribution is 5.69. The maximum atomic E-state index is 12.8. The van der Waals surface area contributed by atoms with Gasteiger partial charge >= 0.3 is 5.97 Å². The normalized spacial score (nSPS) is 34.7. The van der Waals surface area contributed by atoms with Crippen LogP contribution in [0.1, 0.15) is 196 Å². The van der Waals surface area contributed by atoms with E-state index in [0.29, 0.717) is 17.3 Å². The molecule has 4 fully saturated rings. The van der Waals surface area contributed by atoms with Gasteiger partial charge in [0.2, 0.25) is 0 Å². The molecule has 276 valence electrons. The zero-order chi connectivity index (χ0) is 34.6. The molecule has 0 bridgehead atoms. The Morgan fingerprint density at radius 1 is 0.729 bits per heavy atom. The van der Waals surface area contributed by atoms with Gasteiger partial charge < -0.3 is 4.74 Å². The van der Waals surface area contributed by atoms with Gasteiger partial charge in [-0.1, -0.05) is 118 Å². The molecule has 4 rings (SSSR count). The highest BCUT2D eigenvalue weighted by atomic mass is 16.5. The zero-order valence-corrected chi connectivity index (χ0v) is 33.1. The quantitative estimate of drug-likeness (QED) is 0.0735. The predicted octanol–water partition coefficient (Wildman–Crippen LogP) is 14.1. The van der Waals surface area contributed by atoms with E-state index in [4.69, 9.17) is 4.74 Å². The molecule has 0 amide bonds. The van der Waals surface area contributed by atoms with Crippen molar-refractivity contribution < 1.29 is 9.53 Å². The van der Waals surface area contributed by atoms with Gasteiger partial charge in [-0.2, -0.15) is 0 Å². The van der Waals surface area contributed by atoms with Crippen molar-refractivity contribution >= 4 is 5.97 Å². The molecular weight excluding hydrogens is 585 g/mol. The van der Waals surface area contributed by atoms with Crippen molar-refractivity contribution in [3.63, 3.8) is 0 Å². The van der Waals surface area contributed by atoms with Gasteiger partial charge in [-0.05, 0) is 154 Å². The standard InChI is InChI=1S/C46H80O2/c1-8-9-10-11-12-13-14-15-16-17-18-19-20-21-22-23-44(47)48-39-30-32-45(6)38(34-39)26-27-40-42-29-28-41(46(42,7)33-31-43(40)45)37(5)25-24-36(4)35(2)3/h12-13,15-16,35-43H,8-11,14,17-34H2,1-7H3/b13-12-,16-15-/t36-,37-,38+,39+,40+,41-,42+,43+,45+,46-/m1/s1. The summed E-state index contributed by atoms with van der Waals surface area (Å²) in [6.07, 6.45) is 38.5. The molecule has 0 radical (unpaired) electrons. The molecule has 2 heteroatoms. The van der Waals surface area contributed by atoms with E-state index < -0.39 is 0 Å². The van der Waals surface area contributed by atoms with Crippen LogP contribution in [0.5, 0.6) is 0 Å². The van der Waals surface area contributed by atoms with E-state index in [0.717, 1.165) is 79.4 Å². The topological polar surface area (TPSA) is 26.3 Å². The fourth-order valence-electron chi connectivity index (χ4n) is 11.7. The molecule has 0 aromatic rings. The molecule has 48 heavy (non-hydrogen) atoms. The molecule has 0 unspecified atom stereocenters. The molecule has 2 nitrogen and oxygen atoms in total. The largest absolute Gasteiger partial charge is 0.462 e. The average Bonchev–Trinajstić information content (AvgIpc) is 3.42. The van der Waals surface area contributed by atoms with Gasteiger partial charge in [0, 0.05) is 6.42 Å². The summed E-state index contributed by atoms with van der Waals surface area (Å²) in [5, 5.41) is 0. The average molecular weight is 665 g/mol. The number of carbonyl (C=O) groups is 1. The van der Waals surface area contributed by atoms with E-state index >= 15 is 0 Å². The molecule has 4 aliphatic rings. The summed E-state index contributed by atoms with van der Waals surface area (Å²) in [5.41, 5.74) is 1.03. The van der Waals surface area contributed by atoms with Crippen molar-refractivity contribution in [2.75, 3.05) is 0 Å². The summed E-state index contributed by atoms with van der Waals surface area (Å²) in [6.45, 7) is 17.5. The Balaban J connectivity index is 1.12. The number of carbonyl (C=O) groups excluding carboxylic acids is 1. The molecule has 0 aromatic heterocycles. The van der Waals surface area contributed by atoms with E-state index in [9.17, 15) is 4.79 Å². The Hall–Kier alpha value is -1.05. The molecule has 0 aliphatic heterocycles. The minimum Gasteiger partial charge on any atom is -0.462 e. The van der Waals surface area contributed by atoms with E-state index in [2.05, 4.69) is 72.8 Å². The van der Waals surface area contributed by atoms with Crippen LogP contribution in [0, 0.1) is 58.2 Å². The maximum Gasteiger partial charge on any atom is 0.306 e. The van der Waals surface area contributed by atoms with Crippen molar-refractivity contribution in [2.24, 2.45) is 58.2 Å². The molecular formula is C46H80O2.